The lowest BCUT2D eigenvalue weighted by atomic mass is 9.99. The van der Waals surface area contributed by atoms with Gasteiger partial charge in [0, 0.05) is 37.9 Å². The van der Waals surface area contributed by atoms with Gasteiger partial charge >= 0.3 is 0 Å². The highest BCUT2D eigenvalue weighted by Gasteiger charge is 2.22. The zero-order chi connectivity index (χ0) is 20.0. The summed E-state index contributed by atoms with van der Waals surface area (Å²) in [5, 5.41) is 4.80. The van der Waals surface area contributed by atoms with E-state index in [1.54, 1.807) is 12.1 Å². The number of hydrogen-bond acceptors (Lipinski definition) is 6. The Hall–Kier alpha value is -3.00. The van der Waals surface area contributed by atoms with E-state index in [0.29, 0.717) is 5.95 Å². The number of fused-ring (bicyclic) bond motifs is 2. The van der Waals surface area contributed by atoms with Crippen LogP contribution in [-0.4, -0.2) is 37.7 Å². The van der Waals surface area contributed by atoms with Crippen LogP contribution in [0.4, 0.5) is 16.2 Å². The third-order valence-electron chi connectivity index (χ3n) is 5.68. The van der Waals surface area contributed by atoms with E-state index in [1.165, 1.54) is 11.3 Å². The van der Waals surface area contributed by atoms with Crippen LogP contribution in [0.1, 0.15) is 28.2 Å². The summed E-state index contributed by atoms with van der Waals surface area (Å²) in [5.74, 6) is 1.00. The van der Waals surface area contributed by atoms with Crippen molar-refractivity contribution in [1.29, 1.82) is 0 Å². The number of nitrogens with zero attached hydrogens (tertiary/aromatic N) is 6. The minimum atomic E-state index is -0.163. The standard InChI is InChI=1S/C21H24FN7/c1-14-8-20(25-21(23)24-14)28-6-7-29-19(13-28)10-18(26-29)12-27-5-4-15-2-3-17(22)9-16(15)11-27/h2-3,8-10H,4-7,11-13H2,1H3,(H2,23,24,25). The lowest BCUT2D eigenvalue weighted by Gasteiger charge is -2.28. The van der Waals surface area contributed by atoms with Crippen LogP contribution >= 0.6 is 0 Å². The molecule has 0 radical (unpaired) electrons. The number of rotatable bonds is 3. The average molecular weight is 393 g/mol. The Morgan fingerprint density at radius 2 is 1.93 bits per heavy atom. The van der Waals surface area contributed by atoms with Crippen LogP contribution in [0.3, 0.4) is 0 Å². The van der Waals surface area contributed by atoms with Crippen molar-refractivity contribution in [2.45, 2.75) is 39.5 Å². The lowest BCUT2D eigenvalue weighted by molar-refractivity contribution is 0.241. The van der Waals surface area contributed by atoms with Gasteiger partial charge in [-0.25, -0.2) is 9.37 Å². The number of anilines is 2. The Labute approximate surface area is 169 Å². The Morgan fingerprint density at radius 1 is 1.03 bits per heavy atom. The second-order valence-corrected chi connectivity index (χ2v) is 7.87. The Kier molecular flexibility index (Phi) is 4.43. The van der Waals surface area contributed by atoms with Crippen molar-refractivity contribution >= 4 is 11.8 Å². The maximum absolute atomic E-state index is 13.6. The maximum Gasteiger partial charge on any atom is 0.222 e. The first-order valence-corrected chi connectivity index (χ1v) is 9.95. The van der Waals surface area contributed by atoms with Gasteiger partial charge in [0.1, 0.15) is 11.6 Å². The summed E-state index contributed by atoms with van der Waals surface area (Å²) < 4.78 is 15.7. The molecule has 29 heavy (non-hydrogen) atoms. The van der Waals surface area contributed by atoms with Crippen LogP contribution in [0.25, 0.3) is 0 Å². The Balaban J connectivity index is 1.30. The monoisotopic (exact) mass is 393 g/mol. The predicted molar refractivity (Wildman–Crippen MR) is 109 cm³/mol. The number of aryl methyl sites for hydroxylation is 1. The SMILES string of the molecule is Cc1cc(N2CCn3nc(CN4CCc5ccc(F)cc5C4)cc3C2)nc(N)n1. The first-order valence-electron chi connectivity index (χ1n) is 9.95. The molecule has 0 fully saturated rings. The van der Waals surface area contributed by atoms with E-state index < -0.39 is 0 Å². The number of benzene rings is 1. The molecule has 2 aliphatic rings. The smallest absolute Gasteiger partial charge is 0.222 e. The zero-order valence-electron chi connectivity index (χ0n) is 16.5. The molecule has 0 atom stereocenters. The quantitative estimate of drug-likeness (QED) is 0.736. The number of nitrogens with two attached hydrogens (primary N) is 1. The van der Waals surface area contributed by atoms with Gasteiger partial charge in [0.25, 0.3) is 0 Å². The van der Waals surface area contributed by atoms with Crippen LogP contribution in [-0.2, 0) is 32.6 Å². The normalized spacial score (nSPS) is 16.6. The molecule has 7 nitrogen and oxygen atoms in total. The van der Waals surface area contributed by atoms with Gasteiger partial charge in [-0.2, -0.15) is 10.1 Å². The van der Waals surface area contributed by atoms with Crippen LogP contribution in [0.5, 0.6) is 0 Å². The van der Waals surface area contributed by atoms with E-state index in [2.05, 4.69) is 30.5 Å². The van der Waals surface area contributed by atoms with E-state index >= 15 is 0 Å². The van der Waals surface area contributed by atoms with Crippen molar-refractivity contribution in [3.63, 3.8) is 0 Å². The number of nitrogen functional groups attached to an aromatic ring is 1. The molecule has 5 rings (SSSR count). The highest BCUT2D eigenvalue weighted by molar-refractivity contribution is 5.44. The zero-order valence-corrected chi connectivity index (χ0v) is 16.5. The van der Waals surface area contributed by atoms with Crippen molar-refractivity contribution in [2.75, 3.05) is 23.7 Å². The highest BCUT2D eigenvalue weighted by atomic mass is 19.1. The van der Waals surface area contributed by atoms with Crippen molar-refractivity contribution in [3.05, 3.63) is 64.4 Å². The minimum absolute atomic E-state index is 0.163. The van der Waals surface area contributed by atoms with Gasteiger partial charge in [-0.1, -0.05) is 6.07 Å². The molecule has 0 bridgehead atoms. The molecule has 0 saturated heterocycles. The van der Waals surface area contributed by atoms with Crippen LogP contribution in [0, 0.1) is 12.7 Å². The summed E-state index contributed by atoms with van der Waals surface area (Å²) in [6.07, 6.45) is 0.950. The molecule has 3 aromatic rings. The molecule has 0 unspecified atom stereocenters. The molecule has 2 aromatic heterocycles. The summed E-state index contributed by atoms with van der Waals surface area (Å²) in [6.45, 7) is 6.82. The predicted octanol–water partition coefficient (Wildman–Crippen LogP) is 2.28. The third kappa shape index (κ3) is 3.67. The molecule has 0 saturated carbocycles. The van der Waals surface area contributed by atoms with Crippen LogP contribution in [0.2, 0.25) is 0 Å². The van der Waals surface area contributed by atoms with Gasteiger partial charge in [0.2, 0.25) is 5.95 Å². The van der Waals surface area contributed by atoms with E-state index in [1.807, 2.05) is 19.1 Å². The largest absolute Gasteiger partial charge is 0.368 e. The molecule has 8 heteroatoms. The summed E-state index contributed by atoms with van der Waals surface area (Å²) in [7, 11) is 0. The topological polar surface area (TPSA) is 76.1 Å². The van der Waals surface area contributed by atoms with Crippen molar-refractivity contribution < 1.29 is 4.39 Å². The molecule has 0 spiro atoms. The average Bonchev–Trinajstić information content (AvgIpc) is 3.08. The van der Waals surface area contributed by atoms with E-state index in [9.17, 15) is 4.39 Å². The fourth-order valence-electron chi connectivity index (χ4n) is 4.28. The van der Waals surface area contributed by atoms with Crippen LogP contribution in [0.15, 0.2) is 30.3 Å². The Morgan fingerprint density at radius 3 is 2.79 bits per heavy atom. The van der Waals surface area contributed by atoms with Gasteiger partial charge in [0.05, 0.1) is 24.5 Å². The summed E-state index contributed by atoms with van der Waals surface area (Å²) in [5.41, 5.74) is 11.3. The van der Waals surface area contributed by atoms with Gasteiger partial charge in [-0.05, 0) is 42.7 Å². The fourth-order valence-corrected chi connectivity index (χ4v) is 4.28. The van der Waals surface area contributed by atoms with E-state index in [4.69, 9.17) is 10.8 Å². The number of aromatic nitrogens is 4. The van der Waals surface area contributed by atoms with Crippen LogP contribution < -0.4 is 10.6 Å². The van der Waals surface area contributed by atoms with Crippen molar-refractivity contribution in [2.24, 2.45) is 0 Å². The maximum atomic E-state index is 13.6. The molecule has 1 aromatic carbocycles. The van der Waals surface area contributed by atoms with Gasteiger partial charge < -0.3 is 10.6 Å². The molecule has 0 aliphatic carbocycles. The second kappa shape index (κ2) is 7.11. The van der Waals surface area contributed by atoms with E-state index in [0.717, 1.165) is 68.5 Å². The summed E-state index contributed by atoms with van der Waals surface area (Å²) in [6, 6.07) is 9.26. The van der Waals surface area contributed by atoms with Gasteiger partial charge in [-0.15, -0.1) is 0 Å². The van der Waals surface area contributed by atoms with Crippen molar-refractivity contribution in [3.8, 4) is 0 Å². The third-order valence-corrected chi connectivity index (χ3v) is 5.68. The first-order chi connectivity index (χ1) is 14.0. The lowest BCUT2D eigenvalue weighted by Crippen LogP contribution is -2.34. The molecular formula is C21H24FN7. The molecule has 0 amide bonds. The number of halogens is 1. The fraction of sp³-hybridized carbons (Fsp3) is 0.381. The molecule has 150 valence electrons. The first kappa shape index (κ1) is 18.1. The Bertz CT molecular complexity index is 1040. The van der Waals surface area contributed by atoms with Crippen molar-refractivity contribution in [1.82, 2.24) is 24.6 Å². The second-order valence-electron chi connectivity index (χ2n) is 7.87. The van der Waals surface area contributed by atoms with Gasteiger partial charge in [-0.3, -0.25) is 9.58 Å². The van der Waals surface area contributed by atoms with E-state index in [-0.39, 0.29) is 5.82 Å². The molecular weight excluding hydrogens is 369 g/mol. The molecule has 2 aliphatic heterocycles. The van der Waals surface area contributed by atoms with Gasteiger partial charge in [0.15, 0.2) is 0 Å². The summed E-state index contributed by atoms with van der Waals surface area (Å²) in [4.78, 5) is 13.1. The number of hydrogen-bond donors (Lipinski definition) is 1. The molecule has 4 heterocycles. The molecule has 2 N–H and O–H groups in total. The summed E-state index contributed by atoms with van der Waals surface area (Å²) >= 11 is 0. The minimum Gasteiger partial charge on any atom is -0.368 e. The highest BCUT2D eigenvalue weighted by Crippen LogP contribution is 2.24.